The molecule has 0 aromatic heterocycles. The first-order chi connectivity index (χ1) is 12.6. The summed E-state index contributed by atoms with van der Waals surface area (Å²) in [5.41, 5.74) is 1.58. The predicted octanol–water partition coefficient (Wildman–Crippen LogP) is 2.84. The summed E-state index contributed by atoms with van der Waals surface area (Å²) in [6.45, 7) is 0.697. The van der Waals surface area contributed by atoms with Gasteiger partial charge in [-0.2, -0.15) is 0 Å². The molecule has 0 N–H and O–H groups in total. The molecular formula is C19H23NO5S2. The van der Waals surface area contributed by atoms with Crippen LogP contribution in [0.4, 0.5) is 5.69 Å². The first-order valence-electron chi connectivity index (χ1n) is 8.56. The normalized spacial score (nSPS) is 17.9. The van der Waals surface area contributed by atoms with E-state index in [1.807, 2.05) is 29.2 Å². The van der Waals surface area contributed by atoms with Crippen molar-refractivity contribution < 1.29 is 21.6 Å². The fourth-order valence-electron chi connectivity index (χ4n) is 3.51. The van der Waals surface area contributed by atoms with Gasteiger partial charge in [0.15, 0.2) is 19.7 Å². The minimum atomic E-state index is -3.60. The number of sulfone groups is 2. The third-order valence-corrected chi connectivity index (χ3v) is 7.04. The van der Waals surface area contributed by atoms with Crippen molar-refractivity contribution in [2.45, 2.75) is 28.7 Å². The maximum atomic E-state index is 12.4. The van der Waals surface area contributed by atoms with Gasteiger partial charge in [0.05, 0.1) is 28.6 Å². The Morgan fingerprint density at radius 3 is 2.37 bits per heavy atom. The SMILES string of the molecule is COc1cccc(C2CCCN2c2ccc(S(C)(=O)=O)cc2S(C)(=O)=O)c1. The van der Waals surface area contributed by atoms with E-state index in [1.165, 1.54) is 12.1 Å². The van der Waals surface area contributed by atoms with E-state index in [4.69, 9.17) is 4.74 Å². The number of hydrogen-bond donors (Lipinski definition) is 0. The summed E-state index contributed by atoms with van der Waals surface area (Å²) < 4.78 is 53.8. The third-order valence-electron chi connectivity index (χ3n) is 4.80. The molecule has 1 saturated heterocycles. The van der Waals surface area contributed by atoms with Crippen molar-refractivity contribution in [3.63, 3.8) is 0 Å². The van der Waals surface area contributed by atoms with Gasteiger partial charge in [-0.25, -0.2) is 16.8 Å². The Balaban J connectivity index is 2.11. The molecule has 0 amide bonds. The second-order valence-electron chi connectivity index (χ2n) is 6.80. The summed E-state index contributed by atoms with van der Waals surface area (Å²) in [5, 5.41) is 0. The van der Waals surface area contributed by atoms with Crippen molar-refractivity contribution in [3.8, 4) is 5.75 Å². The predicted molar refractivity (Wildman–Crippen MR) is 105 cm³/mol. The summed E-state index contributed by atoms with van der Waals surface area (Å²) in [7, 11) is -5.49. The van der Waals surface area contributed by atoms with Crippen LogP contribution in [0.3, 0.4) is 0 Å². The smallest absolute Gasteiger partial charge is 0.177 e. The second kappa shape index (κ2) is 7.16. The van der Waals surface area contributed by atoms with Crippen LogP contribution in [-0.2, 0) is 19.7 Å². The number of benzene rings is 2. The van der Waals surface area contributed by atoms with Crippen molar-refractivity contribution in [3.05, 3.63) is 48.0 Å². The molecule has 146 valence electrons. The van der Waals surface area contributed by atoms with E-state index in [-0.39, 0.29) is 15.8 Å². The first kappa shape index (κ1) is 19.7. The summed E-state index contributed by atoms with van der Waals surface area (Å²) >= 11 is 0. The number of methoxy groups -OCH3 is 1. The van der Waals surface area contributed by atoms with Crippen molar-refractivity contribution >= 4 is 25.4 Å². The molecule has 1 heterocycles. The Bertz CT molecular complexity index is 1060. The van der Waals surface area contributed by atoms with E-state index < -0.39 is 19.7 Å². The number of anilines is 1. The standard InChI is InChI=1S/C19H23NO5S2/c1-25-15-7-4-6-14(12-15)17-8-5-11-20(17)18-10-9-16(26(2,21)22)13-19(18)27(3,23)24/h4,6-7,9-10,12-13,17H,5,8,11H2,1-3H3. The molecule has 3 rings (SSSR count). The van der Waals surface area contributed by atoms with Gasteiger partial charge < -0.3 is 9.64 Å². The summed E-state index contributed by atoms with van der Waals surface area (Å²) in [6, 6.07) is 12.1. The lowest BCUT2D eigenvalue weighted by molar-refractivity contribution is 0.414. The van der Waals surface area contributed by atoms with Crippen LogP contribution in [0.15, 0.2) is 52.3 Å². The number of nitrogens with zero attached hydrogens (tertiary/aromatic N) is 1. The van der Waals surface area contributed by atoms with Gasteiger partial charge in [0, 0.05) is 19.1 Å². The minimum Gasteiger partial charge on any atom is -0.497 e. The maximum Gasteiger partial charge on any atom is 0.177 e. The van der Waals surface area contributed by atoms with Crippen LogP contribution in [-0.4, -0.2) is 43.0 Å². The van der Waals surface area contributed by atoms with Gasteiger partial charge in [-0.15, -0.1) is 0 Å². The van der Waals surface area contributed by atoms with Crippen molar-refractivity contribution in [1.82, 2.24) is 0 Å². The van der Waals surface area contributed by atoms with Crippen LogP contribution in [0.2, 0.25) is 0 Å². The highest BCUT2D eigenvalue weighted by Crippen LogP contribution is 2.40. The van der Waals surface area contributed by atoms with Crippen LogP contribution in [0.5, 0.6) is 5.75 Å². The quantitative estimate of drug-likeness (QED) is 0.755. The number of rotatable bonds is 5. The van der Waals surface area contributed by atoms with E-state index in [9.17, 15) is 16.8 Å². The molecule has 1 aliphatic heterocycles. The van der Waals surface area contributed by atoms with E-state index in [2.05, 4.69) is 0 Å². The van der Waals surface area contributed by atoms with Gasteiger partial charge in [0.1, 0.15) is 5.75 Å². The molecule has 1 fully saturated rings. The molecule has 8 heteroatoms. The van der Waals surface area contributed by atoms with Gasteiger partial charge in [-0.1, -0.05) is 12.1 Å². The molecule has 2 aromatic rings. The molecular weight excluding hydrogens is 386 g/mol. The highest BCUT2D eigenvalue weighted by atomic mass is 32.2. The molecule has 0 spiro atoms. The maximum absolute atomic E-state index is 12.4. The Morgan fingerprint density at radius 1 is 1.00 bits per heavy atom. The Kier molecular flexibility index (Phi) is 5.22. The zero-order chi connectivity index (χ0) is 19.8. The molecule has 0 bridgehead atoms. The van der Waals surface area contributed by atoms with Gasteiger partial charge in [-0.3, -0.25) is 0 Å². The highest BCUT2D eigenvalue weighted by Gasteiger charge is 2.30. The number of hydrogen-bond acceptors (Lipinski definition) is 6. The molecule has 0 aliphatic carbocycles. The van der Waals surface area contributed by atoms with Crippen LogP contribution in [0.25, 0.3) is 0 Å². The van der Waals surface area contributed by atoms with E-state index in [0.717, 1.165) is 36.7 Å². The lowest BCUT2D eigenvalue weighted by atomic mass is 10.0. The first-order valence-corrected chi connectivity index (χ1v) is 12.3. The van der Waals surface area contributed by atoms with Gasteiger partial charge in [-0.05, 0) is 48.7 Å². The zero-order valence-corrected chi connectivity index (χ0v) is 17.2. The second-order valence-corrected chi connectivity index (χ2v) is 10.8. The molecule has 27 heavy (non-hydrogen) atoms. The van der Waals surface area contributed by atoms with Gasteiger partial charge in [0.2, 0.25) is 0 Å². The largest absolute Gasteiger partial charge is 0.497 e. The number of ether oxygens (including phenoxy) is 1. The topological polar surface area (TPSA) is 80.8 Å². The highest BCUT2D eigenvalue weighted by molar-refractivity contribution is 7.91. The Labute approximate surface area is 160 Å². The van der Waals surface area contributed by atoms with Crippen LogP contribution in [0.1, 0.15) is 24.4 Å². The third kappa shape index (κ3) is 4.11. The fraction of sp³-hybridized carbons (Fsp3) is 0.368. The van der Waals surface area contributed by atoms with Crippen molar-refractivity contribution in [1.29, 1.82) is 0 Å². The van der Waals surface area contributed by atoms with E-state index in [0.29, 0.717) is 12.2 Å². The average Bonchev–Trinajstić information content (AvgIpc) is 3.09. The van der Waals surface area contributed by atoms with Crippen LogP contribution >= 0.6 is 0 Å². The van der Waals surface area contributed by atoms with Gasteiger partial charge in [0.25, 0.3) is 0 Å². The molecule has 1 atom stereocenters. The van der Waals surface area contributed by atoms with Crippen LogP contribution in [0, 0.1) is 0 Å². The lowest BCUT2D eigenvalue weighted by Gasteiger charge is -2.29. The van der Waals surface area contributed by atoms with E-state index in [1.54, 1.807) is 13.2 Å². The van der Waals surface area contributed by atoms with Crippen molar-refractivity contribution in [2.24, 2.45) is 0 Å². The summed E-state index contributed by atoms with van der Waals surface area (Å²) in [4.78, 5) is 2.08. The Morgan fingerprint density at radius 2 is 1.74 bits per heavy atom. The van der Waals surface area contributed by atoms with Crippen LogP contribution < -0.4 is 9.64 Å². The molecule has 1 aliphatic rings. The fourth-order valence-corrected chi connectivity index (χ4v) is 5.14. The monoisotopic (exact) mass is 409 g/mol. The molecule has 2 aromatic carbocycles. The molecule has 0 saturated carbocycles. The lowest BCUT2D eigenvalue weighted by Crippen LogP contribution is -2.24. The summed E-state index contributed by atoms with van der Waals surface area (Å²) in [5.74, 6) is 0.745. The Hall–Kier alpha value is -2.06. The minimum absolute atomic E-state index is 0.00352. The molecule has 6 nitrogen and oxygen atoms in total. The van der Waals surface area contributed by atoms with E-state index >= 15 is 0 Å². The summed E-state index contributed by atoms with van der Waals surface area (Å²) in [6.07, 6.45) is 3.97. The van der Waals surface area contributed by atoms with Crippen molar-refractivity contribution in [2.75, 3.05) is 31.1 Å². The molecule has 1 unspecified atom stereocenters. The van der Waals surface area contributed by atoms with Gasteiger partial charge >= 0.3 is 0 Å². The average molecular weight is 410 g/mol. The zero-order valence-electron chi connectivity index (χ0n) is 15.5. The molecule has 0 radical (unpaired) electrons.